The van der Waals surface area contributed by atoms with E-state index in [0.29, 0.717) is 17.3 Å². The van der Waals surface area contributed by atoms with E-state index in [4.69, 9.17) is 0 Å². The number of benzene rings is 1. The number of nitrogens with zero attached hydrogens (tertiary/aromatic N) is 1. The first-order chi connectivity index (χ1) is 15.6. The SMILES string of the molecule is CC(C)(C)NC1CCC(NC(=O)CNC(=O)c2cccc(-c3cccc(C(=O)O)c3)n2)CC1. The lowest BCUT2D eigenvalue weighted by atomic mass is 9.89. The molecule has 176 valence electrons. The van der Waals surface area contributed by atoms with E-state index in [1.807, 2.05) is 0 Å². The topological polar surface area (TPSA) is 120 Å². The van der Waals surface area contributed by atoms with E-state index in [0.717, 1.165) is 25.7 Å². The third kappa shape index (κ3) is 7.39. The second-order valence-electron chi connectivity index (χ2n) is 9.49. The van der Waals surface area contributed by atoms with Gasteiger partial charge in [0.15, 0.2) is 0 Å². The van der Waals surface area contributed by atoms with Crippen molar-refractivity contribution < 1.29 is 19.5 Å². The molecular formula is C25H32N4O4. The van der Waals surface area contributed by atoms with Gasteiger partial charge in [-0.1, -0.05) is 18.2 Å². The molecule has 2 amide bonds. The van der Waals surface area contributed by atoms with E-state index < -0.39 is 11.9 Å². The standard InChI is InChI=1S/C25H32N4O4/c1-25(2,3)29-19-12-10-18(11-13-19)27-22(30)15-26-23(31)21-9-5-8-20(28-21)16-6-4-7-17(14-16)24(32)33/h4-9,14,18-19,29H,10-13,15H2,1-3H3,(H,26,31)(H,27,30)(H,32,33). The van der Waals surface area contributed by atoms with Gasteiger partial charge < -0.3 is 21.1 Å². The minimum Gasteiger partial charge on any atom is -0.478 e. The molecule has 2 aromatic rings. The summed E-state index contributed by atoms with van der Waals surface area (Å²) in [5.74, 6) is -1.71. The van der Waals surface area contributed by atoms with Crippen LogP contribution >= 0.6 is 0 Å². The van der Waals surface area contributed by atoms with Crippen LogP contribution in [0.4, 0.5) is 0 Å². The van der Waals surface area contributed by atoms with E-state index in [-0.39, 0.29) is 35.3 Å². The van der Waals surface area contributed by atoms with Crippen molar-refractivity contribution in [3.63, 3.8) is 0 Å². The molecule has 0 bridgehead atoms. The summed E-state index contributed by atoms with van der Waals surface area (Å²) in [6, 6.07) is 11.9. The molecule has 1 fully saturated rings. The summed E-state index contributed by atoms with van der Waals surface area (Å²) in [5.41, 5.74) is 1.46. The Labute approximate surface area is 194 Å². The Hall–Kier alpha value is -3.26. The Balaban J connectivity index is 1.50. The van der Waals surface area contributed by atoms with Gasteiger partial charge in [-0.3, -0.25) is 9.59 Å². The van der Waals surface area contributed by atoms with Gasteiger partial charge in [-0.25, -0.2) is 9.78 Å². The summed E-state index contributed by atoms with van der Waals surface area (Å²) in [4.78, 5) is 40.4. The average Bonchev–Trinajstić information content (AvgIpc) is 2.78. The van der Waals surface area contributed by atoms with Crippen molar-refractivity contribution in [2.45, 2.75) is 64.1 Å². The maximum absolute atomic E-state index is 12.5. The molecule has 1 aromatic heterocycles. The third-order valence-corrected chi connectivity index (χ3v) is 5.53. The van der Waals surface area contributed by atoms with E-state index in [9.17, 15) is 19.5 Å². The largest absolute Gasteiger partial charge is 0.478 e. The van der Waals surface area contributed by atoms with Gasteiger partial charge in [-0.05, 0) is 70.7 Å². The number of carboxylic acids is 1. The third-order valence-electron chi connectivity index (χ3n) is 5.53. The van der Waals surface area contributed by atoms with E-state index in [1.54, 1.807) is 30.3 Å². The van der Waals surface area contributed by atoms with E-state index in [2.05, 4.69) is 41.7 Å². The number of carboxylic acid groups (broad SMARTS) is 1. The molecule has 4 N–H and O–H groups in total. The maximum Gasteiger partial charge on any atom is 0.335 e. The number of hydrogen-bond acceptors (Lipinski definition) is 5. The molecule has 8 heteroatoms. The van der Waals surface area contributed by atoms with E-state index >= 15 is 0 Å². The van der Waals surface area contributed by atoms with Crippen LogP contribution in [0, 0.1) is 0 Å². The second kappa shape index (κ2) is 10.6. The number of rotatable bonds is 7. The first-order valence-corrected chi connectivity index (χ1v) is 11.3. The van der Waals surface area contributed by atoms with Crippen molar-refractivity contribution in [2.24, 2.45) is 0 Å². The van der Waals surface area contributed by atoms with Crippen LogP contribution in [0.1, 0.15) is 67.3 Å². The van der Waals surface area contributed by atoms with Crippen LogP contribution in [0.15, 0.2) is 42.5 Å². The lowest BCUT2D eigenvalue weighted by Gasteiger charge is -2.34. The Morgan fingerprint density at radius 1 is 1.00 bits per heavy atom. The number of nitrogens with one attached hydrogen (secondary N) is 3. The van der Waals surface area contributed by atoms with Crippen LogP contribution in [-0.4, -0.2) is 52.0 Å². The minimum absolute atomic E-state index is 0.0788. The van der Waals surface area contributed by atoms with Crippen molar-refractivity contribution >= 4 is 17.8 Å². The summed E-state index contributed by atoms with van der Waals surface area (Å²) in [6.07, 6.45) is 3.83. The highest BCUT2D eigenvalue weighted by Crippen LogP contribution is 2.21. The van der Waals surface area contributed by atoms with Crippen molar-refractivity contribution in [3.8, 4) is 11.3 Å². The van der Waals surface area contributed by atoms with Crippen molar-refractivity contribution in [3.05, 3.63) is 53.7 Å². The second-order valence-corrected chi connectivity index (χ2v) is 9.49. The van der Waals surface area contributed by atoms with Gasteiger partial charge >= 0.3 is 5.97 Å². The number of carbonyl (C=O) groups is 3. The maximum atomic E-state index is 12.5. The predicted molar refractivity (Wildman–Crippen MR) is 126 cm³/mol. The molecule has 1 aromatic carbocycles. The molecule has 1 heterocycles. The fourth-order valence-electron chi connectivity index (χ4n) is 4.06. The Morgan fingerprint density at radius 2 is 1.67 bits per heavy atom. The molecule has 0 unspecified atom stereocenters. The average molecular weight is 453 g/mol. The number of pyridine rings is 1. The Morgan fingerprint density at radius 3 is 2.33 bits per heavy atom. The zero-order valence-corrected chi connectivity index (χ0v) is 19.4. The molecule has 8 nitrogen and oxygen atoms in total. The smallest absolute Gasteiger partial charge is 0.335 e. The van der Waals surface area contributed by atoms with Gasteiger partial charge in [-0.2, -0.15) is 0 Å². The molecule has 0 atom stereocenters. The highest BCUT2D eigenvalue weighted by Gasteiger charge is 2.25. The molecule has 0 saturated heterocycles. The summed E-state index contributed by atoms with van der Waals surface area (Å²) in [7, 11) is 0. The zero-order valence-electron chi connectivity index (χ0n) is 19.4. The lowest BCUT2D eigenvalue weighted by molar-refractivity contribution is -0.121. The first kappa shape index (κ1) is 24.4. The van der Waals surface area contributed by atoms with Gasteiger partial charge in [0.2, 0.25) is 5.91 Å². The lowest BCUT2D eigenvalue weighted by Crippen LogP contribution is -2.49. The van der Waals surface area contributed by atoms with E-state index in [1.165, 1.54) is 12.1 Å². The monoisotopic (exact) mass is 452 g/mol. The van der Waals surface area contributed by atoms with Crippen molar-refractivity contribution in [1.82, 2.24) is 20.9 Å². The summed E-state index contributed by atoms with van der Waals surface area (Å²) in [6.45, 7) is 6.34. The molecule has 0 aliphatic heterocycles. The molecule has 1 aliphatic rings. The van der Waals surface area contributed by atoms with Gasteiger partial charge in [0.05, 0.1) is 17.8 Å². The van der Waals surface area contributed by atoms with Crippen LogP contribution in [0.25, 0.3) is 11.3 Å². The number of hydrogen-bond donors (Lipinski definition) is 4. The van der Waals surface area contributed by atoms with Crippen LogP contribution < -0.4 is 16.0 Å². The van der Waals surface area contributed by atoms with Gasteiger partial charge in [0.1, 0.15) is 5.69 Å². The molecule has 33 heavy (non-hydrogen) atoms. The predicted octanol–water partition coefficient (Wildman–Crippen LogP) is 2.99. The number of aromatic carboxylic acids is 1. The molecule has 0 spiro atoms. The van der Waals surface area contributed by atoms with Gasteiger partial charge in [0, 0.05) is 23.2 Å². The highest BCUT2D eigenvalue weighted by molar-refractivity contribution is 5.95. The minimum atomic E-state index is -1.03. The van der Waals surface area contributed by atoms with Gasteiger partial charge in [0.25, 0.3) is 5.91 Å². The summed E-state index contributed by atoms with van der Waals surface area (Å²) >= 11 is 0. The quantitative estimate of drug-likeness (QED) is 0.513. The normalized spacial score (nSPS) is 18.4. The molecule has 1 aliphatic carbocycles. The van der Waals surface area contributed by atoms with Crippen LogP contribution in [0.2, 0.25) is 0 Å². The van der Waals surface area contributed by atoms with Crippen molar-refractivity contribution in [2.75, 3.05) is 6.54 Å². The Bertz CT molecular complexity index is 1010. The first-order valence-electron chi connectivity index (χ1n) is 11.3. The molecule has 1 saturated carbocycles. The number of amides is 2. The van der Waals surface area contributed by atoms with Crippen LogP contribution in [-0.2, 0) is 4.79 Å². The van der Waals surface area contributed by atoms with Crippen LogP contribution in [0.5, 0.6) is 0 Å². The molecule has 3 rings (SSSR count). The molecular weight excluding hydrogens is 420 g/mol. The van der Waals surface area contributed by atoms with Gasteiger partial charge in [-0.15, -0.1) is 0 Å². The fourth-order valence-corrected chi connectivity index (χ4v) is 4.06. The summed E-state index contributed by atoms with van der Waals surface area (Å²) < 4.78 is 0. The highest BCUT2D eigenvalue weighted by atomic mass is 16.4. The van der Waals surface area contributed by atoms with Crippen molar-refractivity contribution in [1.29, 1.82) is 0 Å². The van der Waals surface area contributed by atoms with Crippen LogP contribution in [0.3, 0.4) is 0 Å². The number of carbonyl (C=O) groups excluding carboxylic acids is 2. The fraction of sp³-hybridized carbons (Fsp3) is 0.440. The molecule has 0 radical (unpaired) electrons. The Kier molecular flexibility index (Phi) is 7.81. The summed E-state index contributed by atoms with van der Waals surface area (Å²) in [5, 5.41) is 18.4. The zero-order chi connectivity index (χ0) is 24.0. The number of aromatic nitrogens is 1.